The molecule has 124 valence electrons. The van der Waals surface area contributed by atoms with E-state index < -0.39 is 0 Å². The zero-order valence-electron chi connectivity index (χ0n) is 14.5. The van der Waals surface area contributed by atoms with E-state index in [0.29, 0.717) is 0 Å². The van der Waals surface area contributed by atoms with Gasteiger partial charge in [0.05, 0.1) is 0 Å². The molecule has 0 fully saturated rings. The van der Waals surface area contributed by atoms with E-state index in [2.05, 4.69) is 107 Å². The second-order valence-corrected chi connectivity index (χ2v) is 8.40. The Labute approximate surface area is 165 Å². The van der Waals surface area contributed by atoms with Gasteiger partial charge in [-0.2, -0.15) is 0 Å². The summed E-state index contributed by atoms with van der Waals surface area (Å²) in [6.45, 7) is 6.60. The van der Waals surface area contributed by atoms with Gasteiger partial charge in [-0.05, 0) is 82.8 Å². The summed E-state index contributed by atoms with van der Waals surface area (Å²) in [5.74, 6) is 0. The van der Waals surface area contributed by atoms with Crippen LogP contribution in [0.25, 0.3) is 32.7 Å². The minimum atomic E-state index is 1.13. The lowest BCUT2D eigenvalue weighted by molar-refractivity contribution is 1.33. The van der Waals surface area contributed by atoms with Crippen molar-refractivity contribution in [3.8, 4) is 11.1 Å². The molecule has 0 unspecified atom stereocenters. The maximum Gasteiger partial charge on any atom is 0.0254 e. The van der Waals surface area contributed by atoms with Crippen molar-refractivity contribution in [3.63, 3.8) is 0 Å². The molecule has 0 spiro atoms. The summed E-state index contributed by atoms with van der Waals surface area (Å²) in [4.78, 5) is 0. The molecule has 0 nitrogen and oxygen atoms in total. The van der Waals surface area contributed by atoms with Gasteiger partial charge in [0.1, 0.15) is 0 Å². The van der Waals surface area contributed by atoms with E-state index in [1.165, 1.54) is 49.4 Å². The SMILES string of the molecule is Cc1cc(C)c(-c2c3cccc(Br)c3cc3c(Br)cccc23)c(C)c1. The number of hydrogen-bond donors (Lipinski definition) is 0. The van der Waals surface area contributed by atoms with E-state index in [0.717, 1.165) is 8.95 Å². The standard InChI is InChI=1S/C23H18Br2/c1-13-10-14(2)22(15(3)11-13)23-16-6-4-8-20(24)18(16)12-19-17(23)7-5-9-21(19)25/h4-12H,1-3H3. The lowest BCUT2D eigenvalue weighted by atomic mass is 9.87. The van der Waals surface area contributed by atoms with E-state index in [1.807, 2.05) is 0 Å². The smallest absolute Gasteiger partial charge is 0.0254 e. The van der Waals surface area contributed by atoms with Crippen LogP contribution in [0.4, 0.5) is 0 Å². The van der Waals surface area contributed by atoms with Crippen LogP contribution in [-0.4, -0.2) is 0 Å². The van der Waals surface area contributed by atoms with Crippen molar-refractivity contribution in [2.24, 2.45) is 0 Å². The second kappa shape index (κ2) is 6.26. The second-order valence-electron chi connectivity index (χ2n) is 6.70. The average molecular weight is 454 g/mol. The van der Waals surface area contributed by atoms with Crippen LogP contribution < -0.4 is 0 Å². The predicted octanol–water partition coefficient (Wildman–Crippen LogP) is 8.11. The molecule has 0 radical (unpaired) electrons. The number of halogens is 2. The summed E-state index contributed by atoms with van der Waals surface area (Å²) in [5, 5.41) is 5.07. The van der Waals surface area contributed by atoms with Gasteiger partial charge < -0.3 is 0 Å². The molecule has 4 aromatic carbocycles. The number of hydrogen-bond acceptors (Lipinski definition) is 0. The van der Waals surface area contributed by atoms with Gasteiger partial charge in [0.15, 0.2) is 0 Å². The molecule has 2 heteroatoms. The molecular weight excluding hydrogens is 436 g/mol. The van der Waals surface area contributed by atoms with Gasteiger partial charge in [0.25, 0.3) is 0 Å². The van der Waals surface area contributed by atoms with E-state index in [4.69, 9.17) is 0 Å². The summed E-state index contributed by atoms with van der Waals surface area (Å²) < 4.78 is 2.26. The van der Waals surface area contributed by atoms with E-state index in [9.17, 15) is 0 Å². The molecule has 0 aliphatic rings. The van der Waals surface area contributed by atoms with Gasteiger partial charge in [0, 0.05) is 8.95 Å². The fourth-order valence-electron chi connectivity index (χ4n) is 3.94. The average Bonchev–Trinajstić information content (AvgIpc) is 2.55. The third-order valence-electron chi connectivity index (χ3n) is 4.86. The van der Waals surface area contributed by atoms with Crippen LogP contribution in [0.3, 0.4) is 0 Å². The van der Waals surface area contributed by atoms with Crippen molar-refractivity contribution in [2.75, 3.05) is 0 Å². The molecule has 25 heavy (non-hydrogen) atoms. The third-order valence-corrected chi connectivity index (χ3v) is 6.24. The van der Waals surface area contributed by atoms with Crippen molar-refractivity contribution in [3.05, 3.63) is 80.2 Å². The molecule has 0 saturated heterocycles. The molecule has 0 aliphatic heterocycles. The van der Waals surface area contributed by atoms with Crippen molar-refractivity contribution in [2.45, 2.75) is 20.8 Å². The Morgan fingerprint density at radius 1 is 0.560 bits per heavy atom. The van der Waals surface area contributed by atoms with Gasteiger partial charge in [-0.25, -0.2) is 0 Å². The highest BCUT2D eigenvalue weighted by Crippen LogP contribution is 2.43. The minimum Gasteiger partial charge on any atom is -0.0605 e. The quantitative estimate of drug-likeness (QED) is 0.255. The number of benzene rings is 4. The van der Waals surface area contributed by atoms with Crippen LogP contribution in [0, 0.1) is 20.8 Å². The highest BCUT2D eigenvalue weighted by Gasteiger charge is 2.16. The highest BCUT2D eigenvalue weighted by molar-refractivity contribution is 9.11. The van der Waals surface area contributed by atoms with Crippen LogP contribution >= 0.6 is 31.9 Å². The fourth-order valence-corrected chi connectivity index (χ4v) is 4.90. The van der Waals surface area contributed by atoms with Crippen LogP contribution in [0.1, 0.15) is 16.7 Å². The minimum absolute atomic E-state index is 1.13. The first kappa shape index (κ1) is 16.8. The summed E-state index contributed by atoms with van der Waals surface area (Å²) >= 11 is 7.49. The lowest BCUT2D eigenvalue weighted by Gasteiger charge is -2.18. The Morgan fingerprint density at radius 3 is 1.52 bits per heavy atom. The maximum atomic E-state index is 3.75. The molecule has 0 bridgehead atoms. The largest absolute Gasteiger partial charge is 0.0605 e. The number of fused-ring (bicyclic) bond motifs is 2. The van der Waals surface area contributed by atoms with Crippen molar-refractivity contribution < 1.29 is 0 Å². The monoisotopic (exact) mass is 452 g/mol. The molecule has 0 N–H and O–H groups in total. The van der Waals surface area contributed by atoms with Crippen LogP contribution in [0.5, 0.6) is 0 Å². The molecule has 0 amide bonds. The molecule has 0 saturated carbocycles. The van der Waals surface area contributed by atoms with Gasteiger partial charge in [-0.1, -0.05) is 73.8 Å². The van der Waals surface area contributed by atoms with E-state index >= 15 is 0 Å². The number of rotatable bonds is 1. The summed E-state index contributed by atoms with van der Waals surface area (Å²) in [6.07, 6.45) is 0. The Balaban J connectivity index is 2.29. The van der Waals surface area contributed by atoms with Gasteiger partial charge >= 0.3 is 0 Å². The first-order valence-electron chi connectivity index (χ1n) is 8.35. The van der Waals surface area contributed by atoms with Crippen molar-refractivity contribution >= 4 is 53.4 Å². The van der Waals surface area contributed by atoms with Crippen LogP contribution in [0.15, 0.2) is 63.5 Å². The molecule has 4 aromatic rings. The fraction of sp³-hybridized carbons (Fsp3) is 0.130. The summed E-state index contributed by atoms with van der Waals surface area (Å²) in [7, 11) is 0. The van der Waals surface area contributed by atoms with Gasteiger partial charge in [-0.15, -0.1) is 0 Å². The lowest BCUT2D eigenvalue weighted by Crippen LogP contribution is -1.93. The summed E-state index contributed by atoms with van der Waals surface area (Å²) in [5.41, 5.74) is 6.63. The Bertz CT molecular complexity index is 1060. The highest BCUT2D eigenvalue weighted by atomic mass is 79.9. The topological polar surface area (TPSA) is 0 Å². The predicted molar refractivity (Wildman–Crippen MR) is 117 cm³/mol. The number of aryl methyl sites for hydroxylation is 3. The van der Waals surface area contributed by atoms with E-state index in [-0.39, 0.29) is 0 Å². The van der Waals surface area contributed by atoms with Crippen molar-refractivity contribution in [1.82, 2.24) is 0 Å². The zero-order chi connectivity index (χ0) is 17.7. The molecule has 0 atom stereocenters. The van der Waals surface area contributed by atoms with Crippen molar-refractivity contribution in [1.29, 1.82) is 0 Å². The molecule has 0 heterocycles. The maximum absolute atomic E-state index is 3.75. The zero-order valence-corrected chi connectivity index (χ0v) is 17.6. The molecule has 0 aromatic heterocycles. The normalized spacial score (nSPS) is 11.4. The van der Waals surface area contributed by atoms with Gasteiger partial charge in [0.2, 0.25) is 0 Å². The third kappa shape index (κ3) is 2.72. The Morgan fingerprint density at radius 2 is 1.04 bits per heavy atom. The molecule has 4 rings (SSSR count). The Hall–Kier alpha value is -1.64. The Kier molecular flexibility index (Phi) is 4.21. The first-order valence-corrected chi connectivity index (χ1v) is 9.93. The first-order chi connectivity index (χ1) is 12.0. The van der Waals surface area contributed by atoms with Crippen LogP contribution in [0.2, 0.25) is 0 Å². The molecular formula is C23H18Br2. The van der Waals surface area contributed by atoms with Crippen LogP contribution in [-0.2, 0) is 0 Å². The summed E-state index contributed by atoms with van der Waals surface area (Å²) in [6, 6.07) is 19.8. The molecule has 0 aliphatic carbocycles. The van der Waals surface area contributed by atoms with E-state index in [1.54, 1.807) is 0 Å². The van der Waals surface area contributed by atoms with Gasteiger partial charge in [-0.3, -0.25) is 0 Å².